The van der Waals surface area contributed by atoms with Crippen molar-refractivity contribution in [2.24, 2.45) is 0 Å². The smallest absolute Gasteiger partial charge is 0.141 e. The molecule has 18 heavy (non-hydrogen) atoms. The fourth-order valence-electron chi connectivity index (χ4n) is 1.43. The minimum Gasteiger partial charge on any atom is -0.492 e. The normalized spacial score (nSPS) is 10.6. The van der Waals surface area contributed by atoms with Crippen molar-refractivity contribution in [1.29, 1.82) is 0 Å². The van der Waals surface area contributed by atoms with Gasteiger partial charge in [0.05, 0.1) is 17.0 Å². The first-order valence-corrected chi connectivity index (χ1v) is 6.34. The first-order chi connectivity index (χ1) is 8.75. The van der Waals surface area contributed by atoms with Gasteiger partial charge in [0, 0.05) is 24.7 Å². The van der Waals surface area contributed by atoms with Gasteiger partial charge in [-0.1, -0.05) is 0 Å². The van der Waals surface area contributed by atoms with E-state index >= 15 is 0 Å². The van der Waals surface area contributed by atoms with Gasteiger partial charge in [-0.2, -0.15) is 0 Å². The first-order valence-electron chi connectivity index (χ1n) is 5.55. The molecule has 0 radical (unpaired) electrons. The van der Waals surface area contributed by atoms with E-state index in [1.165, 1.54) is 6.07 Å². The topological polar surface area (TPSA) is 34.4 Å². The maximum atomic E-state index is 13.2. The van der Waals surface area contributed by atoms with Gasteiger partial charge in [-0.05, 0) is 34.1 Å². The molecule has 0 saturated carbocycles. The number of ether oxygens (including phenoxy) is 1. The van der Waals surface area contributed by atoms with Crippen LogP contribution in [0, 0.1) is 5.82 Å². The summed E-state index contributed by atoms with van der Waals surface area (Å²) in [5.74, 6) is 0.208. The maximum absolute atomic E-state index is 13.2. The average Bonchev–Trinajstić information content (AvgIpc) is 2.86. The fraction of sp³-hybridized carbons (Fsp3) is 0.231. The molecular weight excluding hydrogens is 301 g/mol. The lowest BCUT2D eigenvalue weighted by molar-refractivity contribution is 0.312. The summed E-state index contributed by atoms with van der Waals surface area (Å²) in [6, 6.07) is 6.62. The van der Waals surface area contributed by atoms with Crippen molar-refractivity contribution in [2.45, 2.75) is 6.54 Å². The van der Waals surface area contributed by atoms with E-state index in [2.05, 4.69) is 21.2 Å². The molecule has 0 spiro atoms. The Morgan fingerprint density at radius 3 is 2.94 bits per heavy atom. The Labute approximate surface area is 113 Å². The van der Waals surface area contributed by atoms with E-state index < -0.39 is 0 Å². The molecule has 3 nitrogen and oxygen atoms in total. The van der Waals surface area contributed by atoms with Crippen LogP contribution in [0.5, 0.6) is 5.75 Å². The van der Waals surface area contributed by atoms with Gasteiger partial charge in [0.1, 0.15) is 18.2 Å². The predicted octanol–water partition coefficient (Wildman–Crippen LogP) is 3.35. The van der Waals surface area contributed by atoms with E-state index in [0.717, 1.165) is 12.1 Å². The number of hydrogen-bond donors (Lipinski definition) is 1. The van der Waals surface area contributed by atoms with Crippen molar-refractivity contribution >= 4 is 15.9 Å². The molecule has 0 aliphatic heterocycles. The summed E-state index contributed by atoms with van der Waals surface area (Å²) < 4.78 is 24.0. The minimum atomic E-state index is -0.321. The summed E-state index contributed by atoms with van der Waals surface area (Å²) in [6.07, 6.45) is 3.33. The summed E-state index contributed by atoms with van der Waals surface area (Å²) in [4.78, 5) is 0. The van der Waals surface area contributed by atoms with Gasteiger partial charge < -0.3 is 14.5 Å². The number of furan rings is 1. The summed E-state index contributed by atoms with van der Waals surface area (Å²) in [6.45, 7) is 1.90. The van der Waals surface area contributed by atoms with E-state index in [9.17, 15) is 4.39 Å². The molecule has 5 heteroatoms. The number of halogens is 2. The van der Waals surface area contributed by atoms with Gasteiger partial charge in [-0.15, -0.1) is 0 Å². The highest BCUT2D eigenvalue weighted by Crippen LogP contribution is 2.20. The van der Waals surface area contributed by atoms with Crippen LogP contribution in [0.3, 0.4) is 0 Å². The molecule has 0 aliphatic carbocycles. The lowest BCUT2D eigenvalue weighted by Crippen LogP contribution is -2.20. The molecule has 1 N–H and O–H groups in total. The third-order valence-corrected chi connectivity index (χ3v) is 2.99. The molecule has 1 aromatic heterocycles. The molecule has 0 unspecified atom stereocenters. The van der Waals surface area contributed by atoms with Crippen molar-refractivity contribution < 1.29 is 13.5 Å². The Bertz CT molecular complexity index is 488. The van der Waals surface area contributed by atoms with Gasteiger partial charge >= 0.3 is 0 Å². The predicted molar refractivity (Wildman–Crippen MR) is 70.0 cm³/mol. The van der Waals surface area contributed by atoms with Crippen molar-refractivity contribution in [3.63, 3.8) is 0 Å². The zero-order valence-electron chi connectivity index (χ0n) is 9.66. The number of hydrogen-bond acceptors (Lipinski definition) is 3. The van der Waals surface area contributed by atoms with Gasteiger partial charge in [-0.3, -0.25) is 0 Å². The Kier molecular flexibility index (Phi) is 4.78. The van der Waals surface area contributed by atoms with Crippen LogP contribution in [0.1, 0.15) is 5.56 Å². The molecule has 2 aromatic rings. The van der Waals surface area contributed by atoms with Crippen molar-refractivity contribution in [3.8, 4) is 5.75 Å². The third kappa shape index (κ3) is 3.85. The largest absolute Gasteiger partial charge is 0.492 e. The molecule has 0 atom stereocenters. The lowest BCUT2D eigenvalue weighted by Gasteiger charge is -2.07. The standard InChI is InChI=1S/C13H13BrFNO2/c14-12-2-1-11(7-13(12)15)18-6-4-16-8-10-3-5-17-9-10/h1-3,5,7,9,16H,4,6,8H2. The summed E-state index contributed by atoms with van der Waals surface area (Å²) in [5.41, 5.74) is 1.09. The number of rotatable bonds is 6. The fourth-order valence-corrected chi connectivity index (χ4v) is 1.68. The Hall–Kier alpha value is -1.33. The molecule has 1 heterocycles. The maximum Gasteiger partial charge on any atom is 0.141 e. The monoisotopic (exact) mass is 313 g/mol. The highest BCUT2D eigenvalue weighted by molar-refractivity contribution is 9.10. The quantitative estimate of drug-likeness (QED) is 0.830. The zero-order chi connectivity index (χ0) is 12.8. The van der Waals surface area contributed by atoms with Gasteiger partial charge in [0.2, 0.25) is 0 Å². The van der Waals surface area contributed by atoms with E-state index in [1.807, 2.05) is 6.07 Å². The highest BCUT2D eigenvalue weighted by atomic mass is 79.9. The molecule has 0 amide bonds. The van der Waals surface area contributed by atoms with E-state index in [-0.39, 0.29) is 5.82 Å². The second-order valence-electron chi connectivity index (χ2n) is 3.73. The molecule has 0 fully saturated rings. The molecular formula is C13H13BrFNO2. The Balaban J connectivity index is 1.67. The minimum absolute atomic E-state index is 0.321. The van der Waals surface area contributed by atoms with Crippen molar-refractivity contribution in [1.82, 2.24) is 5.32 Å². The first kappa shape index (κ1) is 13.1. The zero-order valence-corrected chi connectivity index (χ0v) is 11.2. The van der Waals surface area contributed by atoms with Crippen LogP contribution >= 0.6 is 15.9 Å². The van der Waals surface area contributed by atoms with Crippen molar-refractivity contribution in [3.05, 3.63) is 52.6 Å². The van der Waals surface area contributed by atoms with Crippen molar-refractivity contribution in [2.75, 3.05) is 13.2 Å². The summed E-state index contributed by atoms with van der Waals surface area (Å²) in [7, 11) is 0. The molecule has 96 valence electrons. The second kappa shape index (κ2) is 6.56. The average molecular weight is 314 g/mol. The van der Waals surface area contributed by atoms with Crippen LogP contribution < -0.4 is 10.1 Å². The SMILES string of the molecule is Fc1cc(OCCNCc2ccoc2)ccc1Br. The van der Waals surface area contributed by atoms with Crippen LogP contribution in [0.15, 0.2) is 45.7 Å². The van der Waals surface area contributed by atoms with E-state index in [4.69, 9.17) is 9.15 Å². The summed E-state index contributed by atoms with van der Waals surface area (Å²) in [5, 5.41) is 3.20. The molecule has 0 bridgehead atoms. The van der Waals surface area contributed by atoms with Crippen LogP contribution in [0.4, 0.5) is 4.39 Å². The van der Waals surface area contributed by atoms with Crippen LogP contribution in [0.25, 0.3) is 0 Å². The Morgan fingerprint density at radius 1 is 1.33 bits per heavy atom. The van der Waals surface area contributed by atoms with Crippen LogP contribution in [-0.2, 0) is 6.54 Å². The molecule has 1 aromatic carbocycles. The molecule has 2 rings (SSSR count). The molecule has 0 saturated heterocycles. The van der Waals surface area contributed by atoms with E-state index in [0.29, 0.717) is 23.4 Å². The Morgan fingerprint density at radius 2 is 2.22 bits per heavy atom. The molecule has 0 aliphatic rings. The highest BCUT2D eigenvalue weighted by Gasteiger charge is 2.01. The second-order valence-corrected chi connectivity index (χ2v) is 4.59. The number of nitrogens with one attached hydrogen (secondary N) is 1. The van der Waals surface area contributed by atoms with Crippen LogP contribution in [0.2, 0.25) is 0 Å². The van der Waals surface area contributed by atoms with Gasteiger partial charge in [0.15, 0.2) is 0 Å². The van der Waals surface area contributed by atoms with Gasteiger partial charge in [0.25, 0.3) is 0 Å². The lowest BCUT2D eigenvalue weighted by atomic mass is 10.3. The third-order valence-electron chi connectivity index (χ3n) is 2.35. The van der Waals surface area contributed by atoms with Gasteiger partial charge in [-0.25, -0.2) is 4.39 Å². The van der Waals surface area contributed by atoms with E-state index in [1.54, 1.807) is 24.7 Å². The number of benzene rings is 1. The van der Waals surface area contributed by atoms with Crippen LogP contribution in [-0.4, -0.2) is 13.2 Å². The summed E-state index contributed by atoms with van der Waals surface area (Å²) >= 11 is 3.09.